The average Bonchev–Trinajstić information content (AvgIpc) is 2.73. The molecule has 18 heavy (non-hydrogen) atoms. The second kappa shape index (κ2) is 5.95. The normalized spacial score (nSPS) is 22.6. The number of carbonyl (C=O) groups excluding carboxylic acids is 1. The summed E-state index contributed by atoms with van der Waals surface area (Å²) < 4.78 is 5.05. The summed E-state index contributed by atoms with van der Waals surface area (Å²) in [5.74, 6) is 1.19. The molecule has 0 aliphatic heterocycles. The van der Waals surface area contributed by atoms with Crippen LogP contribution in [0.2, 0.25) is 0 Å². The number of nitrogens with zero attached hydrogens (tertiary/aromatic N) is 2. The van der Waals surface area contributed by atoms with E-state index in [2.05, 4.69) is 22.4 Å². The first kappa shape index (κ1) is 13.0. The number of aromatic nitrogens is 2. The number of aliphatic hydroxyl groups is 1. The number of rotatable bonds is 6. The van der Waals surface area contributed by atoms with Crippen LogP contribution >= 0.6 is 0 Å². The van der Waals surface area contributed by atoms with Crippen molar-refractivity contribution >= 4 is 5.91 Å². The lowest BCUT2D eigenvalue weighted by atomic mass is 9.89. The molecule has 1 aliphatic rings. The Morgan fingerprint density at radius 1 is 1.50 bits per heavy atom. The molecule has 0 saturated heterocycles. The van der Waals surface area contributed by atoms with E-state index in [0.29, 0.717) is 37.4 Å². The van der Waals surface area contributed by atoms with Crippen LogP contribution in [0.15, 0.2) is 4.52 Å². The maximum absolute atomic E-state index is 11.6. The van der Waals surface area contributed by atoms with E-state index in [1.54, 1.807) is 0 Å². The molecule has 100 valence electrons. The lowest BCUT2D eigenvalue weighted by Crippen LogP contribution is -2.46. The Labute approximate surface area is 106 Å². The highest BCUT2D eigenvalue weighted by Gasteiger charge is 2.28. The molecule has 1 fully saturated rings. The minimum atomic E-state index is -0.247. The van der Waals surface area contributed by atoms with E-state index in [-0.39, 0.29) is 18.1 Å². The minimum Gasteiger partial charge on any atom is -0.393 e. The van der Waals surface area contributed by atoms with Gasteiger partial charge >= 0.3 is 0 Å². The topological polar surface area (TPSA) is 88.2 Å². The van der Waals surface area contributed by atoms with E-state index in [1.807, 2.05) is 0 Å². The van der Waals surface area contributed by atoms with E-state index < -0.39 is 0 Å². The monoisotopic (exact) mass is 253 g/mol. The van der Waals surface area contributed by atoms with Gasteiger partial charge in [-0.3, -0.25) is 4.79 Å². The molecule has 0 bridgehead atoms. The zero-order valence-electron chi connectivity index (χ0n) is 10.6. The van der Waals surface area contributed by atoms with Gasteiger partial charge in [0.25, 0.3) is 0 Å². The maximum Gasteiger partial charge on any atom is 0.227 e. The zero-order chi connectivity index (χ0) is 13.0. The molecule has 1 saturated carbocycles. The molecule has 6 heteroatoms. The number of aliphatic hydroxyl groups excluding tert-OH is 1. The number of aryl methyl sites for hydroxylation is 2. The number of hydrogen-bond donors (Lipinski definition) is 2. The van der Waals surface area contributed by atoms with Gasteiger partial charge in [0.05, 0.1) is 6.10 Å². The maximum atomic E-state index is 11.6. The van der Waals surface area contributed by atoms with Crippen LogP contribution in [0, 0.1) is 0 Å². The summed E-state index contributed by atoms with van der Waals surface area (Å²) >= 11 is 0. The van der Waals surface area contributed by atoms with Crippen LogP contribution in [0.4, 0.5) is 0 Å². The van der Waals surface area contributed by atoms with Gasteiger partial charge in [0, 0.05) is 25.3 Å². The fraction of sp³-hybridized carbons (Fsp3) is 0.750. The van der Waals surface area contributed by atoms with Crippen molar-refractivity contribution in [2.24, 2.45) is 0 Å². The van der Waals surface area contributed by atoms with Crippen LogP contribution in [0.25, 0.3) is 0 Å². The summed E-state index contributed by atoms with van der Waals surface area (Å²) in [6, 6.07) is 0.130. The zero-order valence-corrected chi connectivity index (χ0v) is 10.6. The first-order chi connectivity index (χ1) is 8.67. The highest BCUT2D eigenvalue weighted by molar-refractivity contribution is 5.76. The van der Waals surface area contributed by atoms with Crippen LogP contribution in [-0.4, -0.2) is 33.3 Å². The third-order valence-electron chi connectivity index (χ3n) is 3.03. The highest BCUT2D eigenvalue weighted by atomic mass is 16.5. The Balaban J connectivity index is 1.68. The Morgan fingerprint density at radius 2 is 2.28 bits per heavy atom. The average molecular weight is 253 g/mol. The van der Waals surface area contributed by atoms with Crippen LogP contribution in [0.1, 0.15) is 44.3 Å². The van der Waals surface area contributed by atoms with Crippen molar-refractivity contribution in [2.45, 2.75) is 57.6 Å². The van der Waals surface area contributed by atoms with Crippen molar-refractivity contribution in [1.29, 1.82) is 0 Å². The molecular weight excluding hydrogens is 234 g/mol. The summed E-state index contributed by atoms with van der Waals surface area (Å²) in [6.45, 7) is 2.05. The molecule has 1 amide bonds. The summed E-state index contributed by atoms with van der Waals surface area (Å²) in [5, 5.41) is 15.8. The van der Waals surface area contributed by atoms with Gasteiger partial charge in [-0.1, -0.05) is 12.1 Å². The Bertz CT molecular complexity index is 399. The number of carbonyl (C=O) groups is 1. The first-order valence-corrected chi connectivity index (χ1v) is 6.46. The summed E-state index contributed by atoms with van der Waals surface area (Å²) in [5.41, 5.74) is 0. The van der Waals surface area contributed by atoms with Gasteiger partial charge in [-0.25, -0.2) is 0 Å². The van der Waals surface area contributed by atoms with E-state index in [4.69, 9.17) is 9.63 Å². The van der Waals surface area contributed by atoms with Gasteiger partial charge in [0.15, 0.2) is 5.82 Å². The molecule has 2 N–H and O–H groups in total. The van der Waals surface area contributed by atoms with Crippen molar-refractivity contribution < 1.29 is 14.4 Å². The van der Waals surface area contributed by atoms with Crippen molar-refractivity contribution in [2.75, 3.05) is 0 Å². The third kappa shape index (κ3) is 3.53. The standard InChI is InChI=1S/C12H19N3O3/c1-2-3-10-14-12(18-15-10)5-4-11(17)13-8-6-9(16)7-8/h8-9,16H,2-7H2,1H3,(H,13,17). The predicted octanol–water partition coefficient (Wildman–Crippen LogP) is 0.594. The third-order valence-corrected chi connectivity index (χ3v) is 3.03. The SMILES string of the molecule is CCCc1noc(CCC(=O)NC2CC(O)C2)n1. The number of amides is 1. The van der Waals surface area contributed by atoms with Gasteiger partial charge in [-0.05, 0) is 19.3 Å². The number of hydrogen-bond acceptors (Lipinski definition) is 5. The molecule has 0 unspecified atom stereocenters. The van der Waals surface area contributed by atoms with E-state index in [1.165, 1.54) is 0 Å². The minimum absolute atomic E-state index is 0.0258. The molecule has 0 atom stereocenters. The van der Waals surface area contributed by atoms with Crippen molar-refractivity contribution in [3.63, 3.8) is 0 Å². The molecule has 1 aliphatic carbocycles. The van der Waals surface area contributed by atoms with E-state index in [9.17, 15) is 4.79 Å². The van der Waals surface area contributed by atoms with Gasteiger partial charge in [0.2, 0.25) is 11.8 Å². The Kier molecular flexibility index (Phi) is 4.30. The molecule has 6 nitrogen and oxygen atoms in total. The van der Waals surface area contributed by atoms with Crippen molar-refractivity contribution in [1.82, 2.24) is 15.5 Å². The smallest absolute Gasteiger partial charge is 0.227 e. The summed E-state index contributed by atoms with van der Waals surface area (Å²) in [6.07, 6.45) is 3.67. The van der Waals surface area contributed by atoms with E-state index in [0.717, 1.165) is 12.8 Å². The largest absolute Gasteiger partial charge is 0.393 e. The van der Waals surface area contributed by atoms with Gasteiger partial charge in [-0.2, -0.15) is 4.98 Å². The number of nitrogens with one attached hydrogen (secondary N) is 1. The van der Waals surface area contributed by atoms with Crippen molar-refractivity contribution in [3.8, 4) is 0 Å². The second-order valence-corrected chi connectivity index (χ2v) is 4.74. The molecular formula is C12H19N3O3. The van der Waals surface area contributed by atoms with Gasteiger partial charge < -0.3 is 14.9 Å². The highest BCUT2D eigenvalue weighted by Crippen LogP contribution is 2.19. The Hall–Kier alpha value is -1.43. The fourth-order valence-corrected chi connectivity index (χ4v) is 1.94. The summed E-state index contributed by atoms with van der Waals surface area (Å²) in [4.78, 5) is 15.8. The molecule has 1 heterocycles. The van der Waals surface area contributed by atoms with Gasteiger partial charge in [0.1, 0.15) is 0 Å². The molecule has 0 aromatic carbocycles. The molecule has 1 aromatic rings. The first-order valence-electron chi connectivity index (χ1n) is 6.46. The predicted molar refractivity (Wildman–Crippen MR) is 63.8 cm³/mol. The summed E-state index contributed by atoms with van der Waals surface area (Å²) in [7, 11) is 0. The molecule has 2 rings (SSSR count). The molecule has 0 spiro atoms. The molecule has 1 aromatic heterocycles. The van der Waals surface area contributed by atoms with Crippen LogP contribution in [-0.2, 0) is 17.6 Å². The van der Waals surface area contributed by atoms with Crippen LogP contribution in [0.3, 0.4) is 0 Å². The van der Waals surface area contributed by atoms with Crippen LogP contribution < -0.4 is 5.32 Å². The van der Waals surface area contributed by atoms with Crippen molar-refractivity contribution in [3.05, 3.63) is 11.7 Å². The Morgan fingerprint density at radius 3 is 2.94 bits per heavy atom. The fourth-order valence-electron chi connectivity index (χ4n) is 1.94. The van der Waals surface area contributed by atoms with Crippen LogP contribution in [0.5, 0.6) is 0 Å². The quantitative estimate of drug-likeness (QED) is 0.774. The van der Waals surface area contributed by atoms with Gasteiger partial charge in [-0.15, -0.1) is 0 Å². The second-order valence-electron chi connectivity index (χ2n) is 4.74. The lowest BCUT2D eigenvalue weighted by Gasteiger charge is -2.31. The van der Waals surface area contributed by atoms with E-state index >= 15 is 0 Å². The lowest BCUT2D eigenvalue weighted by molar-refractivity contribution is -0.123. The molecule has 0 radical (unpaired) electrons.